The van der Waals surface area contributed by atoms with Crippen LogP contribution in [0.15, 0.2) is 54.7 Å². The molecule has 0 spiro atoms. The van der Waals surface area contributed by atoms with Crippen molar-refractivity contribution in [1.29, 1.82) is 0 Å². The second kappa shape index (κ2) is 8.61. The molecule has 0 radical (unpaired) electrons. The van der Waals surface area contributed by atoms with Crippen LogP contribution in [0, 0.1) is 6.92 Å². The first-order valence-electron chi connectivity index (χ1n) is 9.72. The number of thiazole rings is 1. The standard InChI is InChI=1S/C23H19N3O4S/c1-14-6-8-15(9-7-14)19(27)10-11-20(28)25-23-24-12-16(31-23)13-26-21(29)17-4-2-3-5-18(17)22(26)30/h2-9,12H,10-11,13H2,1H3,(H,24,25,28). The van der Waals surface area contributed by atoms with Crippen LogP contribution in [0.25, 0.3) is 0 Å². The molecule has 2 heterocycles. The summed E-state index contributed by atoms with van der Waals surface area (Å²) in [5.74, 6) is -1.09. The highest BCUT2D eigenvalue weighted by Gasteiger charge is 2.35. The first-order valence-corrected chi connectivity index (χ1v) is 10.5. The summed E-state index contributed by atoms with van der Waals surface area (Å²) in [6, 6.07) is 13.9. The van der Waals surface area contributed by atoms with Crippen molar-refractivity contribution in [3.8, 4) is 0 Å². The second-order valence-corrected chi connectivity index (χ2v) is 8.33. The van der Waals surface area contributed by atoms with Crippen LogP contribution in [0.4, 0.5) is 5.13 Å². The minimum Gasteiger partial charge on any atom is -0.302 e. The number of amides is 3. The quantitative estimate of drug-likeness (QED) is 0.451. The highest BCUT2D eigenvalue weighted by Crippen LogP contribution is 2.27. The molecule has 1 aliphatic rings. The maximum atomic E-state index is 12.5. The highest BCUT2D eigenvalue weighted by molar-refractivity contribution is 7.15. The SMILES string of the molecule is Cc1ccc(C(=O)CCC(=O)Nc2ncc(CN3C(=O)c4ccccc4C3=O)s2)cc1. The number of carbonyl (C=O) groups excluding carboxylic acids is 4. The van der Waals surface area contributed by atoms with Gasteiger partial charge in [0, 0.05) is 29.5 Å². The Kier molecular flexibility index (Phi) is 5.73. The van der Waals surface area contributed by atoms with E-state index in [-0.39, 0.29) is 42.9 Å². The molecule has 0 saturated heterocycles. The van der Waals surface area contributed by atoms with E-state index in [4.69, 9.17) is 0 Å². The van der Waals surface area contributed by atoms with E-state index in [2.05, 4.69) is 10.3 Å². The molecule has 8 heteroatoms. The molecule has 156 valence electrons. The summed E-state index contributed by atoms with van der Waals surface area (Å²) in [5, 5.41) is 3.03. The van der Waals surface area contributed by atoms with Crippen molar-refractivity contribution in [1.82, 2.24) is 9.88 Å². The Balaban J connectivity index is 1.31. The lowest BCUT2D eigenvalue weighted by Gasteiger charge is -2.11. The summed E-state index contributed by atoms with van der Waals surface area (Å²) in [7, 11) is 0. The van der Waals surface area contributed by atoms with Gasteiger partial charge in [0.05, 0.1) is 17.7 Å². The molecule has 3 aromatic rings. The summed E-state index contributed by atoms with van der Waals surface area (Å²) >= 11 is 1.19. The topological polar surface area (TPSA) is 96.4 Å². The van der Waals surface area contributed by atoms with Crippen LogP contribution in [0.5, 0.6) is 0 Å². The van der Waals surface area contributed by atoms with Crippen LogP contribution < -0.4 is 5.32 Å². The molecule has 1 aliphatic heterocycles. The fourth-order valence-electron chi connectivity index (χ4n) is 3.27. The zero-order valence-electron chi connectivity index (χ0n) is 16.8. The van der Waals surface area contributed by atoms with Crippen LogP contribution in [0.3, 0.4) is 0 Å². The zero-order valence-corrected chi connectivity index (χ0v) is 17.6. The van der Waals surface area contributed by atoms with Gasteiger partial charge in [-0.05, 0) is 19.1 Å². The molecule has 0 unspecified atom stereocenters. The number of carbonyl (C=O) groups is 4. The number of Topliss-reactive ketones (excluding diaryl/α,β-unsaturated/α-hetero) is 1. The minimum absolute atomic E-state index is 0.0417. The summed E-state index contributed by atoms with van der Waals surface area (Å²) in [6.45, 7) is 2.03. The number of hydrogen-bond acceptors (Lipinski definition) is 6. The lowest BCUT2D eigenvalue weighted by molar-refractivity contribution is -0.116. The van der Waals surface area contributed by atoms with Crippen LogP contribution in [-0.2, 0) is 11.3 Å². The number of aryl methyl sites for hydroxylation is 1. The van der Waals surface area contributed by atoms with Gasteiger partial charge >= 0.3 is 0 Å². The second-order valence-electron chi connectivity index (χ2n) is 7.21. The van der Waals surface area contributed by atoms with Gasteiger partial charge in [0.1, 0.15) is 0 Å². The molecule has 0 saturated carbocycles. The fraction of sp³-hybridized carbons (Fsp3) is 0.174. The van der Waals surface area contributed by atoms with Gasteiger partial charge in [0.25, 0.3) is 11.8 Å². The zero-order chi connectivity index (χ0) is 22.0. The van der Waals surface area contributed by atoms with Gasteiger partial charge in [-0.2, -0.15) is 0 Å². The van der Waals surface area contributed by atoms with E-state index in [0.717, 1.165) is 5.56 Å². The van der Waals surface area contributed by atoms with E-state index < -0.39 is 0 Å². The number of benzene rings is 2. The van der Waals surface area contributed by atoms with Gasteiger partial charge in [0.2, 0.25) is 5.91 Å². The smallest absolute Gasteiger partial charge is 0.261 e. The number of hydrogen-bond donors (Lipinski definition) is 1. The number of anilines is 1. The molecule has 1 N–H and O–H groups in total. The molecule has 0 aliphatic carbocycles. The van der Waals surface area contributed by atoms with Gasteiger partial charge < -0.3 is 5.32 Å². The van der Waals surface area contributed by atoms with E-state index in [1.807, 2.05) is 19.1 Å². The lowest BCUT2D eigenvalue weighted by atomic mass is 10.1. The Morgan fingerprint density at radius 3 is 2.26 bits per heavy atom. The third-order valence-electron chi connectivity index (χ3n) is 4.94. The molecule has 0 fully saturated rings. The van der Waals surface area contributed by atoms with E-state index in [0.29, 0.717) is 26.7 Å². The average molecular weight is 433 g/mol. The lowest BCUT2D eigenvalue weighted by Crippen LogP contribution is -2.28. The third kappa shape index (κ3) is 4.44. The van der Waals surface area contributed by atoms with Crippen LogP contribution in [-0.4, -0.2) is 33.4 Å². The van der Waals surface area contributed by atoms with E-state index in [1.165, 1.54) is 22.4 Å². The number of aromatic nitrogens is 1. The average Bonchev–Trinajstić information content (AvgIpc) is 3.31. The minimum atomic E-state index is -0.339. The summed E-state index contributed by atoms with van der Waals surface area (Å²) in [5.41, 5.74) is 2.43. The summed E-state index contributed by atoms with van der Waals surface area (Å²) in [4.78, 5) is 55.3. The molecule has 3 amide bonds. The van der Waals surface area contributed by atoms with Gasteiger partial charge in [0.15, 0.2) is 10.9 Å². The van der Waals surface area contributed by atoms with Crippen molar-refractivity contribution < 1.29 is 19.2 Å². The Labute approximate surface area is 182 Å². The molecule has 31 heavy (non-hydrogen) atoms. The molecule has 7 nitrogen and oxygen atoms in total. The molecule has 0 atom stereocenters. The van der Waals surface area contributed by atoms with E-state index in [9.17, 15) is 19.2 Å². The predicted octanol–water partition coefficient (Wildman–Crippen LogP) is 3.85. The monoisotopic (exact) mass is 433 g/mol. The first kappa shape index (κ1) is 20.6. The van der Waals surface area contributed by atoms with Crippen LogP contribution in [0.2, 0.25) is 0 Å². The van der Waals surface area contributed by atoms with Crippen molar-refractivity contribution in [2.24, 2.45) is 0 Å². The molecular weight excluding hydrogens is 414 g/mol. The largest absolute Gasteiger partial charge is 0.302 e. The fourth-order valence-corrected chi connectivity index (χ4v) is 4.09. The Hall–Kier alpha value is -3.65. The Bertz CT molecular complexity index is 1150. The van der Waals surface area contributed by atoms with Crippen molar-refractivity contribution in [2.75, 3.05) is 5.32 Å². The summed E-state index contributed by atoms with van der Waals surface area (Å²) in [6.07, 6.45) is 1.67. The van der Waals surface area contributed by atoms with Crippen molar-refractivity contribution in [3.63, 3.8) is 0 Å². The molecule has 1 aromatic heterocycles. The molecule has 4 rings (SSSR count). The predicted molar refractivity (Wildman–Crippen MR) is 116 cm³/mol. The van der Waals surface area contributed by atoms with Crippen LogP contribution in [0.1, 0.15) is 54.4 Å². The number of ketones is 1. The van der Waals surface area contributed by atoms with Crippen LogP contribution >= 0.6 is 11.3 Å². The Morgan fingerprint density at radius 2 is 1.61 bits per heavy atom. The van der Waals surface area contributed by atoms with Gasteiger partial charge in [-0.25, -0.2) is 4.98 Å². The van der Waals surface area contributed by atoms with Crippen molar-refractivity contribution >= 4 is 40.0 Å². The summed E-state index contributed by atoms with van der Waals surface area (Å²) < 4.78 is 0. The number of nitrogens with one attached hydrogen (secondary N) is 1. The van der Waals surface area contributed by atoms with Gasteiger partial charge in [-0.3, -0.25) is 24.1 Å². The Morgan fingerprint density at radius 1 is 0.968 bits per heavy atom. The third-order valence-corrected chi connectivity index (χ3v) is 5.84. The first-order chi connectivity index (χ1) is 14.9. The maximum Gasteiger partial charge on any atom is 0.261 e. The van der Waals surface area contributed by atoms with E-state index in [1.54, 1.807) is 36.4 Å². The molecule has 2 aromatic carbocycles. The van der Waals surface area contributed by atoms with E-state index >= 15 is 0 Å². The number of imide groups is 1. The van der Waals surface area contributed by atoms with Crippen molar-refractivity contribution in [3.05, 3.63) is 81.9 Å². The van der Waals surface area contributed by atoms with Crippen molar-refractivity contribution in [2.45, 2.75) is 26.3 Å². The van der Waals surface area contributed by atoms with Gasteiger partial charge in [-0.1, -0.05) is 53.3 Å². The number of fused-ring (bicyclic) bond motifs is 1. The number of rotatable bonds is 7. The maximum absolute atomic E-state index is 12.5. The highest BCUT2D eigenvalue weighted by atomic mass is 32.1. The normalized spacial score (nSPS) is 12.7. The van der Waals surface area contributed by atoms with Gasteiger partial charge in [-0.15, -0.1) is 0 Å². The molecular formula is C23H19N3O4S. The number of nitrogens with zero attached hydrogens (tertiary/aromatic N) is 2. The molecule has 0 bridgehead atoms.